The molecule has 2 aromatic heterocycles. The van der Waals surface area contributed by atoms with E-state index in [0.717, 1.165) is 11.1 Å². The maximum Gasteiger partial charge on any atom is 0.163 e. The zero-order chi connectivity index (χ0) is 17.2. The largest absolute Gasteiger partial charge is 0.373 e. The summed E-state index contributed by atoms with van der Waals surface area (Å²) in [6.45, 7) is 0. The summed E-state index contributed by atoms with van der Waals surface area (Å²) in [6, 6.07) is 16.7. The van der Waals surface area contributed by atoms with Crippen LogP contribution in [0.25, 0.3) is 33.4 Å². The first-order valence-corrected chi connectivity index (χ1v) is 7.92. The van der Waals surface area contributed by atoms with Crippen LogP contribution in [0.5, 0.6) is 0 Å². The molecule has 122 valence electrons. The first-order chi connectivity index (χ1) is 12.3. The fraction of sp³-hybridized carbons (Fsp3) is 0.0500. The van der Waals surface area contributed by atoms with Crippen LogP contribution in [-0.2, 0) is 0 Å². The van der Waals surface area contributed by atoms with Crippen LogP contribution in [-0.4, -0.2) is 22.0 Å². The third-order valence-electron chi connectivity index (χ3n) is 4.05. The molecular weight excluding hydrogens is 315 g/mol. The van der Waals surface area contributed by atoms with E-state index in [-0.39, 0.29) is 5.82 Å². The van der Waals surface area contributed by atoms with Crippen molar-refractivity contribution in [3.63, 3.8) is 0 Å². The number of aromatic nitrogens is 3. The van der Waals surface area contributed by atoms with Crippen LogP contribution >= 0.6 is 0 Å². The molecule has 4 nitrogen and oxygen atoms in total. The van der Waals surface area contributed by atoms with Crippen molar-refractivity contribution in [2.45, 2.75) is 0 Å². The van der Waals surface area contributed by atoms with Crippen molar-refractivity contribution in [1.82, 2.24) is 15.0 Å². The maximum atomic E-state index is 15.2. The first kappa shape index (κ1) is 15.2. The Morgan fingerprint density at radius 2 is 1.68 bits per heavy atom. The second-order valence-electron chi connectivity index (χ2n) is 5.58. The second kappa shape index (κ2) is 6.28. The molecule has 5 heteroatoms. The Hall–Kier alpha value is -3.34. The van der Waals surface area contributed by atoms with Gasteiger partial charge in [0.05, 0.1) is 0 Å². The Morgan fingerprint density at radius 3 is 2.40 bits per heavy atom. The highest BCUT2D eigenvalue weighted by Crippen LogP contribution is 2.32. The van der Waals surface area contributed by atoms with Crippen molar-refractivity contribution in [3.05, 3.63) is 72.8 Å². The van der Waals surface area contributed by atoms with E-state index in [2.05, 4.69) is 20.3 Å². The summed E-state index contributed by atoms with van der Waals surface area (Å²) in [4.78, 5) is 13.1. The minimum Gasteiger partial charge on any atom is -0.373 e. The van der Waals surface area contributed by atoms with Gasteiger partial charge in [0, 0.05) is 36.0 Å². The fourth-order valence-electron chi connectivity index (χ4n) is 2.82. The minimum atomic E-state index is -0.354. The number of hydrogen-bond donors (Lipinski definition) is 1. The van der Waals surface area contributed by atoms with Gasteiger partial charge in [0.25, 0.3) is 0 Å². The quantitative estimate of drug-likeness (QED) is 0.599. The van der Waals surface area contributed by atoms with Gasteiger partial charge >= 0.3 is 0 Å². The van der Waals surface area contributed by atoms with Crippen LogP contribution < -0.4 is 5.32 Å². The van der Waals surface area contributed by atoms with E-state index in [0.29, 0.717) is 28.1 Å². The van der Waals surface area contributed by atoms with Gasteiger partial charge in [0.1, 0.15) is 11.3 Å². The summed E-state index contributed by atoms with van der Waals surface area (Å²) in [5.74, 6) is 0.671. The number of halogens is 1. The monoisotopic (exact) mass is 330 g/mol. The third-order valence-corrected chi connectivity index (χ3v) is 4.05. The van der Waals surface area contributed by atoms with Crippen LogP contribution in [0.2, 0.25) is 0 Å². The molecule has 0 aliphatic rings. The van der Waals surface area contributed by atoms with Gasteiger partial charge in [-0.1, -0.05) is 36.4 Å². The lowest BCUT2D eigenvalue weighted by atomic mass is 10.0. The molecule has 2 heterocycles. The summed E-state index contributed by atoms with van der Waals surface area (Å²) in [5, 5.41) is 3.67. The molecule has 0 fully saturated rings. The molecule has 0 atom stereocenters. The summed E-state index contributed by atoms with van der Waals surface area (Å²) in [6.07, 6.45) is 3.34. The molecule has 0 unspecified atom stereocenters. The SMILES string of the molecule is CNc1nc(-c2cccnc2)nc2c(F)c(-c3ccccc3)ccc12. The van der Waals surface area contributed by atoms with Crippen molar-refractivity contribution >= 4 is 16.7 Å². The van der Waals surface area contributed by atoms with Crippen LogP contribution in [0, 0.1) is 5.82 Å². The van der Waals surface area contributed by atoms with E-state index in [1.807, 2.05) is 42.5 Å². The molecule has 0 saturated carbocycles. The summed E-state index contributed by atoms with van der Waals surface area (Å²) in [7, 11) is 1.76. The Labute approximate surface area is 144 Å². The molecule has 0 aliphatic carbocycles. The standard InChI is InChI=1S/C20H15FN4/c1-22-20-16-10-9-15(13-6-3-2-4-7-13)17(21)18(16)24-19(25-20)14-8-5-11-23-12-14/h2-12H,1H3,(H,22,24,25). The summed E-state index contributed by atoms with van der Waals surface area (Å²) < 4.78 is 15.2. The van der Waals surface area contributed by atoms with E-state index < -0.39 is 0 Å². The van der Waals surface area contributed by atoms with Gasteiger partial charge in [-0.3, -0.25) is 4.98 Å². The Balaban J connectivity index is 1.99. The van der Waals surface area contributed by atoms with Crippen LogP contribution in [0.4, 0.5) is 10.2 Å². The van der Waals surface area contributed by atoms with Gasteiger partial charge in [-0.2, -0.15) is 0 Å². The molecule has 0 radical (unpaired) electrons. The van der Waals surface area contributed by atoms with E-state index in [4.69, 9.17) is 0 Å². The molecule has 0 aliphatic heterocycles. The van der Waals surface area contributed by atoms with Gasteiger partial charge in [0.15, 0.2) is 11.6 Å². The molecule has 2 aromatic carbocycles. The predicted octanol–water partition coefficient (Wildman–Crippen LogP) is 4.54. The number of anilines is 1. The number of benzene rings is 2. The Morgan fingerprint density at radius 1 is 0.880 bits per heavy atom. The number of nitrogens with one attached hydrogen (secondary N) is 1. The summed E-state index contributed by atoms with van der Waals surface area (Å²) >= 11 is 0. The van der Waals surface area contributed by atoms with E-state index in [1.165, 1.54) is 0 Å². The summed E-state index contributed by atoms with van der Waals surface area (Å²) in [5.41, 5.74) is 2.37. The van der Waals surface area contributed by atoms with Gasteiger partial charge in [-0.15, -0.1) is 0 Å². The van der Waals surface area contributed by atoms with Crippen molar-refractivity contribution in [2.24, 2.45) is 0 Å². The lowest BCUT2D eigenvalue weighted by Gasteiger charge is -2.11. The average molecular weight is 330 g/mol. The first-order valence-electron chi connectivity index (χ1n) is 7.92. The highest BCUT2D eigenvalue weighted by molar-refractivity contribution is 5.94. The number of hydrogen-bond acceptors (Lipinski definition) is 4. The Bertz CT molecular complexity index is 1030. The van der Waals surface area contributed by atoms with Crippen LogP contribution in [0.15, 0.2) is 67.0 Å². The van der Waals surface area contributed by atoms with Crippen LogP contribution in [0.3, 0.4) is 0 Å². The van der Waals surface area contributed by atoms with Crippen molar-refractivity contribution in [3.8, 4) is 22.5 Å². The van der Waals surface area contributed by atoms with E-state index in [9.17, 15) is 0 Å². The predicted molar refractivity (Wildman–Crippen MR) is 97.7 cm³/mol. The molecular formula is C20H15FN4. The topological polar surface area (TPSA) is 50.7 Å². The van der Waals surface area contributed by atoms with Gasteiger partial charge < -0.3 is 5.32 Å². The molecule has 0 spiro atoms. The van der Waals surface area contributed by atoms with Gasteiger partial charge in [-0.25, -0.2) is 14.4 Å². The molecule has 0 amide bonds. The zero-order valence-corrected chi connectivity index (χ0v) is 13.6. The second-order valence-corrected chi connectivity index (χ2v) is 5.58. The van der Waals surface area contributed by atoms with Crippen molar-refractivity contribution in [2.75, 3.05) is 12.4 Å². The lowest BCUT2D eigenvalue weighted by Crippen LogP contribution is -2.01. The van der Waals surface area contributed by atoms with Crippen LogP contribution in [0.1, 0.15) is 0 Å². The minimum absolute atomic E-state index is 0.291. The zero-order valence-electron chi connectivity index (χ0n) is 13.6. The lowest BCUT2D eigenvalue weighted by molar-refractivity contribution is 0.640. The number of nitrogens with zero attached hydrogens (tertiary/aromatic N) is 3. The third kappa shape index (κ3) is 2.70. The normalized spacial score (nSPS) is 10.8. The van der Waals surface area contributed by atoms with E-state index >= 15 is 4.39 Å². The van der Waals surface area contributed by atoms with Gasteiger partial charge in [0.2, 0.25) is 0 Å². The number of rotatable bonds is 3. The highest BCUT2D eigenvalue weighted by Gasteiger charge is 2.15. The molecule has 1 N–H and O–H groups in total. The van der Waals surface area contributed by atoms with Crippen molar-refractivity contribution in [1.29, 1.82) is 0 Å². The van der Waals surface area contributed by atoms with Gasteiger partial charge in [-0.05, 0) is 23.8 Å². The van der Waals surface area contributed by atoms with Crippen molar-refractivity contribution < 1.29 is 4.39 Å². The fourth-order valence-corrected chi connectivity index (χ4v) is 2.82. The molecule has 4 aromatic rings. The molecule has 4 rings (SSSR count). The number of fused-ring (bicyclic) bond motifs is 1. The molecule has 0 bridgehead atoms. The Kier molecular flexibility index (Phi) is 3.82. The smallest absolute Gasteiger partial charge is 0.163 e. The molecule has 0 saturated heterocycles. The van der Waals surface area contributed by atoms with E-state index in [1.54, 1.807) is 31.6 Å². The maximum absolute atomic E-state index is 15.2. The number of pyridine rings is 1. The molecule has 25 heavy (non-hydrogen) atoms. The average Bonchev–Trinajstić information content (AvgIpc) is 2.69. The highest BCUT2D eigenvalue weighted by atomic mass is 19.1.